The Balaban J connectivity index is 3.17. The van der Waals surface area contributed by atoms with Gasteiger partial charge in [0.15, 0.2) is 0 Å². The second kappa shape index (κ2) is 4.91. The normalized spacial score (nSPS) is 12.6. The third kappa shape index (κ3) is 2.59. The van der Waals surface area contributed by atoms with Gasteiger partial charge in [-0.15, -0.1) is 11.8 Å². The van der Waals surface area contributed by atoms with Gasteiger partial charge in [-0.05, 0) is 56.9 Å². The number of nitrogens with two attached hydrogens (primary N) is 1. The highest BCUT2D eigenvalue weighted by atomic mass is 32.2. The lowest BCUT2D eigenvalue weighted by atomic mass is 10.0. The van der Waals surface area contributed by atoms with Crippen LogP contribution in [0.2, 0.25) is 0 Å². The van der Waals surface area contributed by atoms with E-state index in [-0.39, 0.29) is 11.2 Å². The quantitative estimate of drug-likeness (QED) is 0.821. The van der Waals surface area contributed by atoms with Gasteiger partial charge < -0.3 is 5.73 Å². The molecule has 0 saturated heterocycles. The highest BCUT2D eigenvalue weighted by molar-refractivity contribution is 8.00. The second-order valence-electron chi connectivity index (χ2n) is 4.25. The molecule has 88 valence electrons. The van der Waals surface area contributed by atoms with Gasteiger partial charge in [0, 0.05) is 4.90 Å². The Hall–Kier alpha value is -0.960. The van der Waals surface area contributed by atoms with E-state index < -0.39 is 0 Å². The second-order valence-corrected chi connectivity index (χ2v) is 5.60. The van der Waals surface area contributed by atoms with Crippen LogP contribution >= 0.6 is 11.8 Å². The van der Waals surface area contributed by atoms with Crippen LogP contribution in [-0.2, 0) is 4.79 Å². The summed E-state index contributed by atoms with van der Waals surface area (Å²) in [5, 5.41) is -0.182. The zero-order chi connectivity index (χ0) is 12.5. The van der Waals surface area contributed by atoms with Crippen molar-refractivity contribution in [1.82, 2.24) is 0 Å². The Morgan fingerprint density at radius 1 is 1.19 bits per heavy atom. The summed E-state index contributed by atoms with van der Waals surface area (Å²) in [6.07, 6.45) is 0. The summed E-state index contributed by atoms with van der Waals surface area (Å²) in [6, 6.07) is 2.18. The smallest absolute Gasteiger partial charge is 0.230 e. The summed E-state index contributed by atoms with van der Waals surface area (Å²) in [5.74, 6) is -0.261. The molecular weight excluding hydrogens is 218 g/mol. The molecule has 3 heteroatoms. The largest absolute Gasteiger partial charge is 0.369 e. The van der Waals surface area contributed by atoms with E-state index in [0.717, 1.165) is 0 Å². The molecule has 1 rings (SSSR count). The fourth-order valence-electron chi connectivity index (χ4n) is 1.59. The van der Waals surface area contributed by atoms with Crippen LogP contribution in [0.1, 0.15) is 29.2 Å². The van der Waals surface area contributed by atoms with Gasteiger partial charge in [-0.2, -0.15) is 0 Å². The fraction of sp³-hybridized carbons (Fsp3) is 0.462. The van der Waals surface area contributed by atoms with E-state index in [1.165, 1.54) is 27.1 Å². The lowest BCUT2D eigenvalue weighted by Crippen LogP contribution is -2.22. The Bertz CT molecular complexity index is 400. The molecule has 1 amide bonds. The minimum atomic E-state index is -0.261. The minimum absolute atomic E-state index is 0.182. The van der Waals surface area contributed by atoms with Crippen molar-refractivity contribution in [1.29, 1.82) is 0 Å². The van der Waals surface area contributed by atoms with Crippen LogP contribution in [0.25, 0.3) is 0 Å². The average Bonchev–Trinajstić information content (AvgIpc) is 2.21. The van der Waals surface area contributed by atoms with Crippen molar-refractivity contribution in [3.63, 3.8) is 0 Å². The summed E-state index contributed by atoms with van der Waals surface area (Å²) >= 11 is 1.56. The van der Waals surface area contributed by atoms with Gasteiger partial charge in [0.25, 0.3) is 0 Å². The highest BCUT2D eigenvalue weighted by Gasteiger charge is 2.15. The molecule has 1 unspecified atom stereocenters. The van der Waals surface area contributed by atoms with E-state index in [9.17, 15) is 4.79 Å². The van der Waals surface area contributed by atoms with Crippen molar-refractivity contribution in [3.8, 4) is 0 Å². The van der Waals surface area contributed by atoms with Crippen molar-refractivity contribution in [2.75, 3.05) is 0 Å². The Kier molecular flexibility index (Phi) is 4.03. The van der Waals surface area contributed by atoms with Crippen molar-refractivity contribution in [3.05, 3.63) is 28.3 Å². The van der Waals surface area contributed by atoms with E-state index in [1.807, 2.05) is 6.92 Å². The zero-order valence-corrected chi connectivity index (χ0v) is 11.4. The number of primary amides is 1. The Morgan fingerprint density at radius 2 is 1.62 bits per heavy atom. The molecule has 0 aliphatic rings. The molecule has 16 heavy (non-hydrogen) atoms. The van der Waals surface area contributed by atoms with Crippen molar-refractivity contribution < 1.29 is 4.79 Å². The molecule has 0 bridgehead atoms. The molecule has 1 atom stereocenters. The molecule has 0 aliphatic carbocycles. The maximum absolute atomic E-state index is 11.1. The third-order valence-electron chi connectivity index (χ3n) is 2.99. The average molecular weight is 237 g/mol. The first kappa shape index (κ1) is 13.1. The molecule has 1 aromatic carbocycles. The van der Waals surface area contributed by atoms with Gasteiger partial charge in [0.2, 0.25) is 5.91 Å². The third-order valence-corrected chi connectivity index (χ3v) is 4.43. The Morgan fingerprint density at radius 3 is 2.00 bits per heavy atom. The van der Waals surface area contributed by atoms with Crippen molar-refractivity contribution >= 4 is 17.7 Å². The van der Waals surface area contributed by atoms with Crippen LogP contribution in [0.3, 0.4) is 0 Å². The molecule has 0 aliphatic heterocycles. The molecular formula is C13H19NOS. The molecule has 0 saturated carbocycles. The first-order valence-corrected chi connectivity index (χ1v) is 6.26. The lowest BCUT2D eigenvalue weighted by molar-refractivity contribution is -0.117. The molecule has 2 N–H and O–H groups in total. The number of hydrogen-bond donors (Lipinski definition) is 1. The van der Waals surface area contributed by atoms with Crippen LogP contribution in [0.5, 0.6) is 0 Å². The fourth-order valence-corrected chi connectivity index (χ4v) is 2.74. The molecule has 0 heterocycles. The van der Waals surface area contributed by atoms with Gasteiger partial charge in [-0.3, -0.25) is 4.79 Å². The van der Waals surface area contributed by atoms with Gasteiger partial charge in [-0.25, -0.2) is 0 Å². The molecule has 0 fully saturated rings. The van der Waals surface area contributed by atoms with Crippen LogP contribution < -0.4 is 5.73 Å². The molecule has 0 radical (unpaired) electrons. The number of amides is 1. The monoisotopic (exact) mass is 237 g/mol. The number of rotatable bonds is 3. The molecule has 2 nitrogen and oxygen atoms in total. The molecule has 1 aromatic rings. The number of thioether (sulfide) groups is 1. The summed E-state index contributed by atoms with van der Waals surface area (Å²) in [7, 11) is 0. The van der Waals surface area contributed by atoms with E-state index in [1.54, 1.807) is 11.8 Å². The van der Waals surface area contributed by atoms with Gasteiger partial charge in [0.1, 0.15) is 0 Å². The first-order valence-electron chi connectivity index (χ1n) is 5.38. The summed E-state index contributed by atoms with van der Waals surface area (Å²) < 4.78 is 0. The number of benzene rings is 1. The number of carbonyl (C=O) groups excluding carboxylic acids is 1. The van der Waals surface area contributed by atoms with Gasteiger partial charge in [-0.1, -0.05) is 6.07 Å². The van der Waals surface area contributed by atoms with E-state index in [4.69, 9.17) is 5.73 Å². The number of aryl methyl sites for hydroxylation is 2. The van der Waals surface area contributed by atoms with Gasteiger partial charge in [0.05, 0.1) is 5.25 Å². The topological polar surface area (TPSA) is 43.1 Å². The predicted molar refractivity (Wildman–Crippen MR) is 69.9 cm³/mol. The summed E-state index contributed by atoms with van der Waals surface area (Å²) in [4.78, 5) is 12.3. The summed E-state index contributed by atoms with van der Waals surface area (Å²) in [5.41, 5.74) is 10.3. The van der Waals surface area contributed by atoms with Crippen LogP contribution in [0.15, 0.2) is 11.0 Å². The first-order chi connectivity index (χ1) is 7.34. The van der Waals surface area contributed by atoms with Crippen LogP contribution in [0, 0.1) is 27.7 Å². The number of hydrogen-bond acceptors (Lipinski definition) is 2. The molecule has 0 aromatic heterocycles. The van der Waals surface area contributed by atoms with E-state index in [0.29, 0.717) is 0 Å². The lowest BCUT2D eigenvalue weighted by Gasteiger charge is -2.16. The maximum Gasteiger partial charge on any atom is 0.230 e. The minimum Gasteiger partial charge on any atom is -0.369 e. The van der Waals surface area contributed by atoms with Crippen molar-refractivity contribution in [2.24, 2.45) is 5.73 Å². The maximum atomic E-state index is 11.1. The SMILES string of the molecule is Cc1cc(C)c(C)c(SC(C)C(N)=O)c1C. The summed E-state index contributed by atoms with van der Waals surface area (Å²) in [6.45, 7) is 10.2. The standard InChI is InChI=1S/C13H19NOS/c1-7-6-8(2)10(4)12(9(7)3)16-11(5)13(14)15/h6,11H,1-5H3,(H2,14,15). The highest BCUT2D eigenvalue weighted by Crippen LogP contribution is 2.33. The predicted octanol–water partition coefficient (Wildman–Crippen LogP) is 2.89. The Labute approximate surface area is 102 Å². The number of carbonyl (C=O) groups is 1. The molecule has 0 spiro atoms. The van der Waals surface area contributed by atoms with E-state index in [2.05, 4.69) is 33.8 Å². The van der Waals surface area contributed by atoms with Gasteiger partial charge >= 0.3 is 0 Å². The zero-order valence-electron chi connectivity index (χ0n) is 10.5. The van der Waals surface area contributed by atoms with Crippen LogP contribution in [-0.4, -0.2) is 11.2 Å². The van der Waals surface area contributed by atoms with Crippen molar-refractivity contribution in [2.45, 2.75) is 44.8 Å². The van der Waals surface area contributed by atoms with Crippen LogP contribution in [0.4, 0.5) is 0 Å². The van der Waals surface area contributed by atoms with E-state index >= 15 is 0 Å².